The fraction of sp³-hybridized carbons (Fsp3) is 0.222. The van der Waals surface area contributed by atoms with Gasteiger partial charge in [-0.2, -0.15) is 5.10 Å². The van der Waals surface area contributed by atoms with E-state index in [0.29, 0.717) is 5.11 Å². The van der Waals surface area contributed by atoms with E-state index in [-0.39, 0.29) is 5.92 Å². The predicted molar refractivity (Wildman–Crippen MR) is 98.6 cm³/mol. The standard InChI is InChI=1S/C18H21N3S/c1-13-8-7-11-17(15(13)3)20-18(22)21-19-12-14(2)16-9-5-4-6-10-16/h4-12,14H,1-3H3,(H2,20,21,22). The number of nitrogens with one attached hydrogen (secondary N) is 2. The lowest BCUT2D eigenvalue weighted by molar-refractivity contribution is 0.983. The lowest BCUT2D eigenvalue weighted by Crippen LogP contribution is -2.24. The number of hydrogen-bond acceptors (Lipinski definition) is 2. The van der Waals surface area contributed by atoms with Crippen molar-refractivity contribution in [2.75, 3.05) is 5.32 Å². The number of nitrogens with zero attached hydrogens (tertiary/aromatic N) is 1. The first-order valence-electron chi connectivity index (χ1n) is 7.29. The maximum absolute atomic E-state index is 5.27. The molecule has 0 saturated carbocycles. The highest BCUT2D eigenvalue weighted by Crippen LogP contribution is 2.17. The molecule has 0 aliphatic carbocycles. The molecule has 0 saturated heterocycles. The average molecular weight is 311 g/mol. The smallest absolute Gasteiger partial charge is 0.191 e. The highest BCUT2D eigenvalue weighted by Gasteiger charge is 2.03. The van der Waals surface area contributed by atoms with Gasteiger partial charge in [0.05, 0.1) is 0 Å². The first-order valence-corrected chi connectivity index (χ1v) is 7.70. The van der Waals surface area contributed by atoms with Gasteiger partial charge in [-0.3, -0.25) is 5.43 Å². The van der Waals surface area contributed by atoms with Gasteiger partial charge in [0.1, 0.15) is 0 Å². The molecule has 1 atom stereocenters. The van der Waals surface area contributed by atoms with Crippen molar-refractivity contribution in [3.8, 4) is 0 Å². The van der Waals surface area contributed by atoms with Gasteiger partial charge in [-0.05, 0) is 48.8 Å². The summed E-state index contributed by atoms with van der Waals surface area (Å²) in [6.07, 6.45) is 1.85. The molecule has 3 nitrogen and oxygen atoms in total. The van der Waals surface area contributed by atoms with Crippen LogP contribution in [0.1, 0.15) is 29.5 Å². The zero-order chi connectivity index (χ0) is 15.9. The van der Waals surface area contributed by atoms with Gasteiger partial charge in [0.2, 0.25) is 0 Å². The molecule has 22 heavy (non-hydrogen) atoms. The SMILES string of the molecule is Cc1cccc(NC(=S)NN=CC(C)c2ccccc2)c1C. The second-order valence-corrected chi connectivity index (χ2v) is 5.70. The van der Waals surface area contributed by atoms with Crippen molar-refractivity contribution in [3.63, 3.8) is 0 Å². The van der Waals surface area contributed by atoms with Crippen molar-refractivity contribution < 1.29 is 0 Å². The minimum atomic E-state index is 0.234. The maximum Gasteiger partial charge on any atom is 0.191 e. The van der Waals surface area contributed by atoms with Gasteiger partial charge in [0, 0.05) is 17.8 Å². The van der Waals surface area contributed by atoms with E-state index in [0.717, 1.165) is 5.69 Å². The van der Waals surface area contributed by atoms with Crippen molar-refractivity contribution in [1.82, 2.24) is 5.43 Å². The fourth-order valence-electron chi connectivity index (χ4n) is 2.09. The zero-order valence-electron chi connectivity index (χ0n) is 13.1. The van der Waals surface area contributed by atoms with Crippen LogP contribution in [0.15, 0.2) is 53.6 Å². The maximum atomic E-state index is 5.27. The highest BCUT2D eigenvalue weighted by molar-refractivity contribution is 7.80. The Morgan fingerprint density at radius 1 is 1.09 bits per heavy atom. The van der Waals surface area contributed by atoms with Crippen LogP contribution in [0.5, 0.6) is 0 Å². The van der Waals surface area contributed by atoms with E-state index in [1.165, 1.54) is 16.7 Å². The van der Waals surface area contributed by atoms with Crippen LogP contribution >= 0.6 is 12.2 Å². The Hall–Kier alpha value is -2.20. The lowest BCUT2D eigenvalue weighted by atomic mass is 10.0. The summed E-state index contributed by atoms with van der Waals surface area (Å²) in [5.74, 6) is 0.234. The molecule has 114 valence electrons. The summed E-state index contributed by atoms with van der Waals surface area (Å²) in [6.45, 7) is 6.25. The van der Waals surface area contributed by atoms with Gasteiger partial charge < -0.3 is 5.32 Å². The molecule has 0 heterocycles. The summed E-state index contributed by atoms with van der Waals surface area (Å²) in [4.78, 5) is 0. The number of anilines is 1. The van der Waals surface area contributed by atoms with Crippen molar-refractivity contribution in [1.29, 1.82) is 0 Å². The van der Waals surface area contributed by atoms with Crippen LogP contribution in [0.3, 0.4) is 0 Å². The molecule has 2 rings (SSSR count). The topological polar surface area (TPSA) is 36.4 Å². The van der Waals surface area contributed by atoms with Crippen LogP contribution < -0.4 is 10.7 Å². The molecule has 2 aromatic carbocycles. The third-order valence-electron chi connectivity index (χ3n) is 3.64. The number of hydrazone groups is 1. The number of thiocarbonyl (C=S) groups is 1. The first-order chi connectivity index (χ1) is 10.6. The van der Waals surface area contributed by atoms with Crippen molar-refractivity contribution in [3.05, 3.63) is 65.2 Å². The molecule has 2 N–H and O–H groups in total. The molecule has 0 aromatic heterocycles. The zero-order valence-corrected chi connectivity index (χ0v) is 13.9. The van der Waals surface area contributed by atoms with Gasteiger partial charge in [-0.25, -0.2) is 0 Å². The average Bonchev–Trinajstić information content (AvgIpc) is 2.52. The second kappa shape index (κ2) is 7.71. The Labute approximate surface area is 137 Å². The van der Waals surface area contributed by atoms with Gasteiger partial charge in [-0.15, -0.1) is 0 Å². The molecule has 0 radical (unpaired) electrons. The van der Waals surface area contributed by atoms with E-state index in [1.54, 1.807) is 0 Å². The van der Waals surface area contributed by atoms with Crippen molar-refractivity contribution in [2.24, 2.45) is 5.10 Å². The van der Waals surface area contributed by atoms with E-state index in [1.807, 2.05) is 36.5 Å². The molecule has 2 aromatic rings. The predicted octanol–water partition coefficient (Wildman–Crippen LogP) is 4.38. The Morgan fingerprint density at radius 3 is 2.55 bits per heavy atom. The molecule has 0 aliphatic rings. The summed E-state index contributed by atoms with van der Waals surface area (Å²) in [5.41, 5.74) is 7.51. The Balaban J connectivity index is 1.90. The van der Waals surface area contributed by atoms with E-state index < -0.39 is 0 Å². The number of aryl methyl sites for hydroxylation is 1. The van der Waals surface area contributed by atoms with E-state index in [2.05, 4.69) is 54.8 Å². The van der Waals surface area contributed by atoms with Crippen molar-refractivity contribution >= 4 is 29.2 Å². The quantitative estimate of drug-likeness (QED) is 0.500. The van der Waals surface area contributed by atoms with Gasteiger partial charge in [0.15, 0.2) is 5.11 Å². The highest BCUT2D eigenvalue weighted by atomic mass is 32.1. The monoisotopic (exact) mass is 311 g/mol. The van der Waals surface area contributed by atoms with Crippen LogP contribution in [0.2, 0.25) is 0 Å². The molecule has 0 amide bonds. The molecule has 0 fully saturated rings. The van der Waals surface area contributed by atoms with Crippen LogP contribution in [0.25, 0.3) is 0 Å². The van der Waals surface area contributed by atoms with E-state index >= 15 is 0 Å². The molecule has 1 unspecified atom stereocenters. The largest absolute Gasteiger partial charge is 0.331 e. The minimum absolute atomic E-state index is 0.234. The Bertz CT molecular complexity index is 665. The van der Waals surface area contributed by atoms with Crippen LogP contribution in [-0.2, 0) is 0 Å². The summed E-state index contributed by atoms with van der Waals surface area (Å²) >= 11 is 5.27. The third kappa shape index (κ3) is 4.40. The van der Waals surface area contributed by atoms with E-state index in [9.17, 15) is 0 Å². The molecule has 0 aliphatic heterocycles. The van der Waals surface area contributed by atoms with Gasteiger partial charge >= 0.3 is 0 Å². The molecular weight excluding hydrogens is 290 g/mol. The fourth-order valence-corrected chi connectivity index (χ4v) is 2.25. The lowest BCUT2D eigenvalue weighted by Gasteiger charge is -2.12. The van der Waals surface area contributed by atoms with Gasteiger partial charge in [0.25, 0.3) is 0 Å². The van der Waals surface area contributed by atoms with Crippen molar-refractivity contribution in [2.45, 2.75) is 26.7 Å². The second-order valence-electron chi connectivity index (χ2n) is 5.29. The Morgan fingerprint density at radius 2 is 1.82 bits per heavy atom. The van der Waals surface area contributed by atoms with Crippen LogP contribution in [0, 0.1) is 13.8 Å². The molecule has 0 bridgehead atoms. The summed E-state index contributed by atoms with van der Waals surface area (Å²) < 4.78 is 0. The van der Waals surface area contributed by atoms with Crippen LogP contribution in [0.4, 0.5) is 5.69 Å². The summed E-state index contributed by atoms with van der Waals surface area (Å²) in [6, 6.07) is 16.3. The van der Waals surface area contributed by atoms with Gasteiger partial charge in [-0.1, -0.05) is 49.4 Å². The number of hydrogen-bond donors (Lipinski definition) is 2. The third-order valence-corrected chi connectivity index (χ3v) is 3.84. The summed E-state index contributed by atoms with van der Waals surface area (Å²) in [5, 5.41) is 7.88. The molecular formula is C18H21N3S. The minimum Gasteiger partial charge on any atom is -0.331 e. The first kappa shape index (κ1) is 16.2. The molecule has 4 heteroatoms. The summed E-state index contributed by atoms with van der Waals surface area (Å²) in [7, 11) is 0. The molecule has 0 spiro atoms. The Kier molecular flexibility index (Phi) is 5.67. The van der Waals surface area contributed by atoms with Crippen LogP contribution in [-0.4, -0.2) is 11.3 Å². The van der Waals surface area contributed by atoms with E-state index in [4.69, 9.17) is 12.2 Å². The number of benzene rings is 2. The number of rotatable bonds is 4. The normalized spacial score (nSPS) is 12.1.